The molecule has 0 atom stereocenters. The summed E-state index contributed by atoms with van der Waals surface area (Å²) >= 11 is 7.55. The van der Waals surface area contributed by atoms with E-state index in [1.165, 1.54) is 0 Å². The standard InChI is InChI=1S/C8H11ClN2S/c9-7-1-3-11-8(5-7)6-12-4-2-10/h1,3,5H,2,4,6,10H2. The predicted molar refractivity (Wildman–Crippen MR) is 54.5 cm³/mol. The normalized spacial score (nSPS) is 10.2. The van der Waals surface area contributed by atoms with E-state index in [-0.39, 0.29) is 0 Å². The van der Waals surface area contributed by atoms with E-state index in [1.54, 1.807) is 24.0 Å². The van der Waals surface area contributed by atoms with Crippen molar-refractivity contribution in [3.63, 3.8) is 0 Å². The first-order valence-electron chi connectivity index (χ1n) is 3.71. The van der Waals surface area contributed by atoms with Crippen LogP contribution in [0.2, 0.25) is 5.02 Å². The molecule has 0 saturated carbocycles. The van der Waals surface area contributed by atoms with Gasteiger partial charge in [-0.05, 0) is 12.1 Å². The second-order valence-electron chi connectivity index (χ2n) is 2.31. The second-order valence-corrected chi connectivity index (χ2v) is 3.85. The molecule has 0 radical (unpaired) electrons. The van der Waals surface area contributed by atoms with Gasteiger partial charge in [0.1, 0.15) is 0 Å². The molecule has 1 heterocycles. The molecule has 0 fully saturated rings. The van der Waals surface area contributed by atoms with Crippen LogP contribution in [0.5, 0.6) is 0 Å². The van der Waals surface area contributed by atoms with Crippen LogP contribution in [0.4, 0.5) is 0 Å². The molecule has 2 nitrogen and oxygen atoms in total. The Morgan fingerprint density at radius 2 is 2.42 bits per heavy atom. The van der Waals surface area contributed by atoms with Gasteiger partial charge in [-0.15, -0.1) is 0 Å². The Balaban J connectivity index is 2.41. The van der Waals surface area contributed by atoms with Gasteiger partial charge in [-0.2, -0.15) is 11.8 Å². The van der Waals surface area contributed by atoms with Crippen LogP contribution in [-0.4, -0.2) is 17.3 Å². The molecule has 0 unspecified atom stereocenters. The number of pyridine rings is 1. The lowest BCUT2D eigenvalue weighted by atomic mass is 10.4. The molecule has 4 heteroatoms. The molecule has 0 bridgehead atoms. The smallest absolute Gasteiger partial charge is 0.0517 e. The van der Waals surface area contributed by atoms with Gasteiger partial charge in [-0.1, -0.05) is 11.6 Å². The second kappa shape index (κ2) is 5.41. The summed E-state index contributed by atoms with van der Waals surface area (Å²) in [6.07, 6.45) is 1.72. The number of rotatable bonds is 4. The molecule has 1 aromatic heterocycles. The molecule has 0 aliphatic heterocycles. The zero-order valence-electron chi connectivity index (χ0n) is 6.66. The minimum Gasteiger partial charge on any atom is -0.330 e. The van der Waals surface area contributed by atoms with Gasteiger partial charge in [0.2, 0.25) is 0 Å². The van der Waals surface area contributed by atoms with Crippen LogP contribution in [0.25, 0.3) is 0 Å². The van der Waals surface area contributed by atoms with Crippen LogP contribution in [0.3, 0.4) is 0 Å². The molecule has 1 rings (SSSR count). The molecule has 0 saturated heterocycles. The lowest BCUT2D eigenvalue weighted by molar-refractivity contribution is 1.13. The van der Waals surface area contributed by atoms with E-state index in [0.29, 0.717) is 6.54 Å². The third-order valence-electron chi connectivity index (χ3n) is 1.29. The van der Waals surface area contributed by atoms with Crippen LogP contribution in [0.15, 0.2) is 18.3 Å². The maximum absolute atomic E-state index is 5.78. The van der Waals surface area contributed by atoms with Gasteiger partial charge in [0, 0.05) is 29.3 Å². The number of halogens is 1. The zero-order valence-corrected chi connectivity index (χ0v) is 8.24. The van der Waals surface area contributed by atoms with Crippen molar-refractivity contribution in [2.24, 2.45) is 5.73 Å². The molecular weight excluding hydrogens is 192 g/mol. The Bertz CT molecular complexity index is 242. The first kappa shape index (κ1) is 9.84. The Hall–Kier alpha value is -0.250. The van der Waals surface area contributed by atoms with E-state index in [1.807, 2.05) is 6.07 Å². The predicted octanol–water partition coefficient (Wildman–Crippen LogP) is 1.93. The van der Waals surface area contributed by atoms with E-state index >= 15 is 0 Å². The number of nitrogens with zero attached hydrogens (tertiary/aromatic N) is 1. The maximum atomic E-state index is 5.78. The molecule has 66 valence electrons. The van der Waals surface area contributed by atoms with Crippen molar-refractivity contribution >= 4 is 23.4 Å². The van der Waals surface area contributed by atoms with E-state index < -0.39 is 0 Å². The fraction of sp³-hybridized carbons (Fsp3) is 0.375. The summed E-state index contributed by atoms with van der Waals surface area (Å²) in [6.45, 7) is 0.714. The minimum absolute atomic E-state index is 0.714. The van der Waals surface area contributed by atoms with Crippen molar-refractivity contribution in [2.45, 2.75) is 5.75 Å². The van der Waals surface area contributed by atoms with Crippen molar-refractivity contribution in [1.82, 2.24) is 4.98 Å². The first-order chi connectivity index (χ1) is 5.83. The van der Waals surface area contributed by atoms with Gasteiger partial charge in [0.25, 0.3) is 0 Å². The highest BCUT2D eigenvalue weighted by Gasteiger charge is 1.94. The Morgan fingerprint density at radius 1 is 1.58 bits per heavy atom. The third kappa shape index (κ3) is 3.43. The Morgan fingerprint density at radius 3 is 3.08 bits per heavy atom. The molecular formula is C8H11ClN2S. The fourth-order valence-corrected chi connectivity index (χ4v) is 1.65. The molecule has 2 N–H and O–H groups in total. The summed E-state index contributed by atoms with van der Waals surface area (Å²) in [5.41, 5.74) is 6.37. The largest absolute Gasteiger partial charge is 0.330 e. The maximum Gasteiger partial charge on any atom is 0.0517 e. The van der Waals surface area contributed by atoms with Crippen molar-refractivity contribution in [1.29, 1.82) is 0 Å². The zero-order chi connectivity index (χ0) is 8.81. The average Bonchev–Trinajstić information content (AvgIpc) is 2.05. The lowest BCUT2D eigenvalue weighted by Gasteiger charge is -1.99. The first-order valence-corrected chi connectivity index (χ1v) is 5.24. The van der Waals surface area contributed by atoms with Gasteiger partial charge in [0.05, 0.1) is 5.69 Å². The van der Waals surface area contributed by atoms with Gasteiger partial charge in [-0.3, -0.25) is 4.98 Å². The molecule has 0 spiro atoms. The summed E-state index contributed by atoms with van der Waals surface area (Å²) in [4.78, 5) is 4.17. The number of aromatic nitrogens is 1. The monoisotopic (exact) mass is 202 g/mol. The van der Waals surface area contributed by atoms with Crippen LogP contribution in [0.1, 0.15) is 5.69 Å². The van der Waals surface area contributed by atoms with Crippen molar-refractivity contribution in [2.75, 3.05) is 12.3 Å². The highest BCUT2D eigenvalue weighted by molar-refractivity contribution is 7.98. The quantitative estimate of drug-likeness (QED) is 0.759. The SMILES string of the molecule is NCCSCc1cc(Cl)ccn1. The highest BCUT2D eigenvalue weighted by Crippen LogP contribution is 2.13. The summed E-state index contributed by atoms with van der Waals surface area (Å²) in [7, 11) is 0. The summed E-state index contributed by atoms with van der Waals surface area (Å²) < 4.78 is 0. The average molecular weight is 203 g/mol. The van der Waals surface area contributed by atoms with E-state index in [0.717, 1.165) is 22.2 Å². The van der Waals surface area contributed by atoms with Crippen LogP contribution >= 0.6 is 23.4 Å². The summed E-state index contributed by atoms with van der Waals surface area (Å²) in [6, 6.07) is 3.66. The molecule has 0 aromatic carbocycles. The minimum atomic E-state index is 0.714. The van der Waals surface area contributed by atoms with Crippen LogP contribution in [0, 0.1) is 0 Å². The van der Waals surface area contributed by atoms with Crippen molar-refractivity contribution in [3.8, 4) is 0 Å². The molecule has 12 heavy (non-hydrogen) atoms. The number of nitrogens with two attached hydrogens (primary N) is 1. The van der Waals surface area contributed by atoms with E-state index in [4.69, 9.17) is 17.3 Å². The van der Waals surface area contributed by atoms with Crippen molar-refractivity contribution in [3.05, 3.63) is 29.0 Å². The summed E-state index contributed by atoms with van der Waals surface area (Å²) in [5.74, 6) is 1.85. The van der Waals surface area contributed by atoms with Gasteiger partial charge >= 0.3 is 0 Å². The molecule has 0 amide bonds. The van der Waals surface area contributed by atoms with Crippen LogP contribution in [-0.2, 0) is 5.75 Å². The molecule has 1 aromatic rings. The fourth-order valence-electron chi connectivity index (χ4n) is 0.788. The van der Waals surface area contributed by atoms with E-state index in [2.05, 4.69) is 4.98 Å². The van der Waals surface area contributed by atoms with Gasteiger partial charge in [0.15, 0.2) is 0 Å². The van der Waals surface area contributed by atoms with Gasteiger partial charge < -0.3 is 5.73 Å². The van der Waals surface area contributed by atoms with Crippen molar-refractivity contribution < 1.29 is 0 Å². The molecule has 0 aliphatic rings. The topological polar surface area (TPSA) is 38.9 Å². The number of hydrogen-bond acceptors (Lipinski definition) is 3. The van der Waals surface area contributed by atoms with E-state index in [9.17, 15) is 0 Å². The number of hydrogen-bond donors (Lipinski definition) is 1. The number of thioether (sulfide) groups is 1. The highest BCUT2D eigenvalue weighted by atomic mass is 35.5. The Kier molecular flexibility index (Phi) is 4.43. The Labute approximate surface area is 81.5 Å². The molecule has 0 aliphatic carbocycles. The van der Waals surface area contributed by atoms with Gasteiger partial charge in [-0.25, -0.2) is 0 Å². The third-order valence-corrected chi connectivity index (χ3v) is 2.55. The summed E-state index contributed by atoms with van der Waals surface area (Å²) in [5, 5.41) is 0.744. The lowest BCUT2D eigenvalue weighted by Crippen LogP contribution is -2.01. The van der Waals surface area contributed by atoms with Crippen LogP contribution < -0.4 is 5.73 Å².